The minimum atomic E-state index is 0.574. The molecule has 3 rings (SSSR count). The molecular formula is C19H23Cl2N5. The second-order valence-electron chi connectivity index (χ2n) is 6.23. The molecule has 1 aromatic heterocycles. The lowest BCUT2D eigenvalue weighted by molar-refractivity contribution is 0.807. The number of hydrogen-bond acceptors (Lipinski definition) is 3. The maximum absolute atomic E-state index is 6.21. The molecule has 0 saturated carbocycles. The number of aliphatic imine (C=N–C) groups is 1. The summed E-state index contributed by atoms with van der Waals surface area (Å²) in [6.07, 6.45) is 4.36. The van der Waals surface area contributed by atoms with Gasteiger partial charge in [0.2, 0.25) is 0 Å². The fraction of sp³-hybridized carbons (Fsp3) is 0.368. The minimum Gasteiger partial charge on any atom is -0.357 e. The highest BCUT2D eigenvalue weighted by atomic mass is 35.5. The van der Waals surface area contributed by atoms with Crippen LogP contribution in [0, 0.1) is 0 Å². The number of anilines is 1. The van der Waals surface area contributed by atoms with Gasteiger partial charge in [-0.2, -0.15) is 0 Å². The van der Waals surface area contributed by atoms with E-state index < -0.39 is 0 Å². The molecule has 0 unspecified atom stereocenters. The standard InChI is InChI=1S/C19H23Cl2N5/c1-22-19(25-13-15-4-5-16(20)11-17(15)21)24-12-14-6-7-23-18(10-14)26-8-2-3-9-26/h4-7,10-11H,2-3,8-9,12-13H2,1H3,(H2,22,24,25). The third kappa shape index (κ3) is 5.02. The van der Waals surface area contributed by atoms with Gasteiger partial charge in [0, 0.05) is 49.5 Å². The molecule has 0 bridgehead atoms. The highest BCUT2D eigenvalue weighted by Crippen LogP contribution is 2.21. The van der Waals surface area contributed by atoms with Crippen LogP contribution in [-0.4, -0.2) is 31.1 Å². The predicted molar refractivity (Wildman–Crippen MR) is 109 cm³/mol. The molecule has 2 aromatic rings. The lowest BCUT2D eigenvalue weighted by Gasteiger charge is -2.17. The molecule has 2 N–H and O–H groups in total. The van der Waals surface area contributed by atoms with Crippen molar-refractivity contribution >= 4 is 35.0 Å². The first-order valence-corrected chi connectivity index (χ1v) is 9.49. The van der Waals surface area contributed by atoms with Gasteiger partial charge in [-0.05, 0) is 48.2 Å². The molecular weight excluding hydrogens is 369 g/mol. The lowest BCUT2D eigenvalue weighted by Crippen LogP contribution is -2.36. The second-order valence-corrected chi connectivity index (χ2v) is 7.08. The van der Waals surface area contributed by atoms with Gasteiger partial charge in [-0.3, -0.25) is 4.99 Å². The van der Waals surface area contributed by atoms with E-state index >= 15 is 0 Å². The van der Waals surface area contributed by atoms with Gasteiger partial charge in [0.15, 0.2) is 5.96 Å². The number of guanidine groups is 1. The van der Waals surface area contributed by atoms with Crippen LogP contribution in [0.3, 0.4) is 0 Å². The van der Waals surface area contributed by atoms with E-state index in [9.17, 15) is 0 Å². The van der Waals surface area contributed by atoms with Crippen LogP contribution in [0.4, 0.5) is 5.82 Å². The highest BCUT2D eigenvalue weighted by Gasteiger charge is 2.13. The summed E-state index contributed by atoms with van der Waals surface area (Å²) in [5.74, 6) is 1.77. The fourth-order valence-corrected chi connectivity index (χ4v) is 3.42. The van der Waals surface area contributed by atoms with Gasteiger partial charge in [0.1, 0.15) is 5.82 Å². The molecule has 138 valence electrons. The van der Waals surface area contributed by atoms with E-state index in [-0.39, 0.29) is 0 Å². The fourth-order valence-electron chi connectivity index (χ4n) is 2.94. The van der Waals surface area contributed by atoms with E-state index in [0.29, 0.717) is 23.1 Å². The van der Waals surface area contributed by atoms with Crippen molar-refractivity contribution in [2.24, 2.45) is 4.99 Å². The Labute approximate surface area is 164 Å². The predicted octanol–water partition coefficient (Wildman–Crippen LogP) is 3.85. The average Bonchev–Trinajstić information content (AvgIpc) is 3.18. The maximum atomic E-state index is 6.21. The van der Waals surface area contributed by atoms with Crippen molar-refractivity contribution in [3.63, 3.8) is 0 Å². The molecule has 1 aliphatic rings. The van der Waals surface area contributed by atoms with Gasteiger partial charge >= 0.3 is 0 Å². The van der Waals surface area contributed by atoms with Crippen molar-refractivity contribution in [1.82, 2.24) is 15.6 Å². The van der Waals surface area contributed by atoms with Crippen LogP contribution in [0.1, 0.15) is 24.0 Å². The molecule has 1 aliphatic heterocycles. The third-order valence-electron chi connectivity index (χ3n) is 4.38. The Kier molecular flexibility index (Phi) is 6.58. The molecule has 0 radical (unpaired) electrons. The van der Waals surface area contributed by atoms with Crippen LogP contribution in [0.25, 0.3) is 0 Å². The number of rotatable bonds is 5. The number of pyridine rings is 1. The lowest BCUT2D eigenvalue weighted by atomic mass is 10.2. The molecule has 1 fully saturated rings. The Morgan fingerprint density at radius 3 is 2.62 bits per heavy atom. The van der Waals surface area contributed by atoms with Gasteiger partial charge in [-0.1, -0.05) is 29.3 Å². The summed E-state index contributed by atoms with van der Waals surface area (Å²) < 4.78 is 0. The van der Waals surface area contributed by atoms with Crippen molar-refractivity contribution in [2.45, 2.75) is 25.9 Å². The van der Waals surface area contributed by atoms with Crippen molar-refractivity contribution in [3.05, 3.63) is 57.7 Å². The van der Waals surface area contributed by atoms with E-state index in [2.05, 4.69) is 31.6 Å². The SMILES string of the molecule is CN=C(NCc1ccnc(N2CCCC2)c1)NCc1ccc(Cl)cc1Cl. The van der Waals surface area contributed by atoms with E-state index in [1.54, 1.807) is 13.1 Å². The van der Waals surface area contributed by atoms with Gasteiger partial charge in [-0.25, -0.2) is 4.98 Å². The first kappa shape index (κ1) is 18.8. The van der Waals surface area contributed by atoms with E-state index in [1.807, 2.05) is 24.4 Å². The summed E-state index contributed by atoms with van der Waals surface area (Å²) in [4.78, 5) is 11.1. The zero-order valence-corrected chi connectivity index (χ0v) is 16.3. The summed E-state index contributed by atoms with van der Waals surface area (Å²) in [6.45, 7) is 3.44. The number of nitrogens with one attached hydrogen (secondary N) is 2. The van der Waals surface area contributed by atoms with Crippen LogP contribution in [0.15, 0.2) is 41.5 Å². The third-order valence-corrected chi connectivity index (χ3v) is 4.97. The number of halogens is 2. The molecule has 7 heteroatoms. The Bertz CT molecular complexity index is 772. The van der Waals surface area contributed by atoms with Crippen molar-refractivity contribution in [2.75, 3.05) is 25.0 Å². The number of aromatic nitrogens is 1. The molecule has 0 aliphatic carbocycles. The van der Waals surface area contributed by atoms with E-state index in [4.69, 9.17) is 23.2 Å². The Morgan fingerprint density at radius 1 is 1.12 bits per heavy atom. The molecule has 1 saturated heterocycles. The van der Waals surface area contributed by atoms with Crippen molar-refractivity contribution < 1.29 is 0 Å². The Hall–Kier alpha value is -1.98. The maximum Gasteiger partial charge on any atom is 0.191 e. The summed E-state index contributed by atoms with van der Waals surface area (Å²) in [6, 6.07) is 9.65. The van der Waals surface area contributed by atoms with Crippen LogP contribution >= 0.6 is 23.2 Å². The van der Waals surface area contributed by atoms with Crippen molar-refractivity contribution in [3.8, 4) is 0 Å². The van der Waals surface area contributed by atoms with Gasteiger partial charge < -0.3 is 15.5 Å². The normalized spacial score (nSPS) is 14.6. The first-order chi connectivity index (χ1) is 12.7. The topological polar surface area (TPSA) is 52.6 Å². The smallest absolute Gasteiger partial charge is 0.191 e. The summed E-state index contributed by atoms with van der Waals surface area (Å²) >= 11 is 12.1. The number of hydrogen-bond donors (Lipinski definition) is 2. The number of nitrogens with zero attached hydrogens (tertiary/aromatic N) is 3. The molecule has 0 atom stereocenters. The Balaban J connectivity index is 1.55. The zero-order chi connectivity index (χ0) is 18.4. The average molecular weight is 392 g/mol. The molecule has 26 heavy (non-hydrogen) atoms. The van der Waals surface area contributed by atoms with Crippen LogP contribution in [0.5, 0.6) is 0 Å². The molecule has 0 amide bonds. The zero-order valence-electron chi connectivity index (χ0n) is 14.8. The van der Waals surface area contributed by atoms with Gasteiger partial charge in [0.05, 0.1) is 0 Å². The first-order valence-electron chi connectivity index (χ1n) is 8.74. The minimum absolute atomic E-state index is 0.574. The highest BCUT2D eigenvalue weighted by molar-refractivity contribution is 6.35. The summed E-state index contributed by atoms with van der Waals surface area (Å²) in [7, 11) is 1.75. The quantitative estimate of drug-likeness (QED) is 0.600. The van der Waals surface area contributed by atoms with E-state index in [1.165, 1.54) is 18.4 Å². The van der Waals surface area contributed by atoms with Crippen LogP contribution in [0.2, 0.25) is 10.0 Å². The second kappa shape index (κ2) is 9.10. The molecule has 0 spiro atoms. The van der Waals surface area contributed by atoms with Gasteiger partial charge in [-0.15, -0.1) is 0 Å². The number of benzene rings is 1. The molecule has 2 heterocycles. The summed E-state index contributed by atoms with van der Waals surface area (Å²) in [5, 5.41) is 7.87. The monoisotopic (exact) mass is 391 g/mol. The van der Waals surface area contributed by atoms with Crippen LogP contribution in [-0.2, 0) is 13.1 Å². The van der Waals surface area contributed by atoms with Gasteiger partial charge in [0.25, 0.3) is 0 Å². The summed E-state index contributed by atoms with van der Waals surface area (Å²) in [5.41, 5.74) is 2.15. The van der Waals surface area contributed by atoms with E-state index in [0.717, 1.165) is 30.4 Å². The largest absolute Gasteiger partial charge is 0.357 e. The van der Waals surface area contributed by atoms with Crippen molar-refractivity contribution in [1.29, 1.82) is 0 Å². The molecule has 1 aromatic carbocycles. The molecule has 5 nitrogen and oxygen atoms in total. The van der Waals surface area contributed by atoms with Crippen LogP contribution < -0.4 is 15.5 Å². The Morgan fingerprint density at radius 2 is 1.88 bits per heavy atom.